The molecule has 2 N–H and O–H groups in total. The highest BCUT2D eigenvalue weighted by Crippen LogP contribution is 2.44. The number of hydrogen-bond acceptors (Lipinski definition) is 4. The highest BCUT2D eigenvalue weighted by Gasteiger charge is 2.46. The highest BCUT2D eigenvalue weighted by atomic mass is 19.1. The highest BCUT2D eigenvalue weighted by molar-refractivity contribution is 6.05. The molecule has 1 fully saturated rings. The Kier molecular flexibility index (Phi) is 3.64. The molecule has 3 rings (SSSR count). The number of halogens is 1. The summed E-state index contributed by atoms with van der Waals surface area (Å²) in [7, 11) is 0. The van der Waals surface area contributed by atoms with Crippen LogP contribution in [0.2, 0.25) is 0 Å². The van der Waals surface area contributed by atoms with Gasteiger partial charge in [-0.2, -0.15) is 0 Å². The van der Waals surface area contributed by atoms with E-state index in [9.17, 15) is 14.3 Å². The van der Waals surface area contributed by atoms with Gasteiger partial charge in [0.15, 0.2) is 0 Å². The Hall–Kier alpha value is -1.95. The molecule has 6 heteroatoms. The van der Waals surface area contributed by atoms with Gasteiger partial charge >= 0.3 is 0 Å². The van der Waals surface area contributed by atoms with Gasteiger partial charge in [-0.3, -0.25) is 4.79 Å². The molecule has 1 heterocycles. The summed E-state index contributed by atoms with van der Waals surface area (Å²) >= 11 is 0. The molecule has 1 aromatic carbocycles. The third-order valence-electron chi connectivity index (χ3n) is 4.44. The van der Waals surface area contributed by atoms with Crippen LogP contribution in [0.25, 0.3) is 0 Å². The summed E-state index contributed by atoms with van der Waals surface area (Å²) in [5.74, 6) is -0.672. The number of carbonyl (C=O) groups excluding carboxylic acids is 1. The summed E-state index contributed by atoms with van der Waals surface area (Å²) in [5.41, 5.74) is -0.518. The van der Waals surface area contributed by atoms with Gasteiger partial charge in [-0.15, -0.1) is 0 Å². The largest absolute Gasteiger partial charge is 0.396 e. The molecular formula is C16H19FN2O3. The molecular weight excluding hydrogens is 287 g/mol. The van der Waals surface area contributed by atoms with Gasteiger partial charge in [0.05, 0.1) is 12.3 Å². The molecule has 1 aromatic rings. The monoisotopic (exact) mass is 306 g/mol. The average Bonchev–Trinajstić information content (AvgIpc) is 3.20. The topological polar surface area (TPSA) is 70.9 Å². The first-order valence-corrected chi connectivity index (χ1v) is 7.37. The number of hydrogen-bond donors (Lipinski definition) is 2. The molecule has 1 amide bonds. The predicted octanol–water partition coefficient (Wildman–Crippen LogP) is 1.60. The van der Waals surface area contributed by atoms with Gasteiger partial charge in [0.25, 0.3) is 5.91 Å². The van der Waals surface area contributed by atoms with Crippen molar-refractivity contribution in [3.05, 3.63) is 35.6 Å². The van der Waals surface area contributed by atoms with Crippen LogP contribution < -0.4 is 5.32 Å². The Labute approximate surface area is 128 Å². The first-order chi connectivity index (χ1) is 10.5. The molecule has 0 spiro atoms. The van der Waals surface area contributed by atoms with Crippen molar-refractivity contribution in [2.24, 2.45) is 10.6 Å². The normalized spacial score (nSPS) is 25.3. The van der Waals surface area contributed by atoms with Crippen molar-refractivity contribution in [1.82, 2.24) is 5.32 Å². The summed E-state index contributed by atoms with van der Waals surface area (Å²) in [4.78, 5) is 17.6. The van der Waals surface area contributed by atoms with E-state index >= 15 is 0 Å². The maximum Gasteiger partial charge on any atom is 0.267 e. The van der Waals surface area contributed by atoms with Gasteiger partial charge in [-0.25, -0.2) is 4.39 Å². The first-order valence-electron chi connectivity index (χ1n) is 7.37. The standard InChI is InChI=1S/C16H19FN2O3/c1-15(14(21)18-9-16(10-20)6-7-16)8-13(19-22-15)11-4-2-3-5-12(11)17/h2-5,20H,6-10H2,1H3,(H,18,21). The van der Waals surface area contributed by atoms with Crippen molar-refractivity contribution in [3.8, 4) is 0 Å². The minimum absolute atomic E-state index is 0.0713. The number of rotatable bonds is 5. The summed E-state index contributed by atoms with van der Waals surface area (Å²) < 4.78 is 13.8. The first kappa shape index (κ1) is 15.0. The summed E-state index contributed by atoms with van der Waals surface area (Å²) in [6.45, 7) is 2.14. The Balaban J connectivity index is 1.64. The van der Waals surface area contributed by atoms with Crippen LogP contribution in [-0.2, 0) is 9.63 Å². The molecule has 22 heavy (non-hydrogen) atoms. The lowest BCUT2D eigenvalue weighted by Crippen LogP contribution is -2.46. The number of benzene rings is 1. The second kappa shape index (κ2) is 5.35. The number of carbonyl (C=O) groups is 1. The summed E-state index contributed by atoms with van der Waals surface area (Å²) in [6.07, 6.45) is 2.04. The number of aliphatic hydroxyl groups is 1. The van der Waals surface area contributed by atoms with Crippen LogP contribution in [0.4, 0.5) is 4.39 Å². The van der Waals surface area contributed by atoms with Gasteiger partial charge in [0.1, 0.15) is 5.82 Å². The van der Waals surface area contributed by atoms with E-state index in [1.54, 1.807) is 25.1 Å². The molecule has 0 aromatic heterocycles. The fourth-order valence-electron chi connectivity index (χ4n) is 2.52. The van der Waals surface area contributed by atoms with Gasteiger partial charge in [0, 0.05) is 23.9 Å². The molecule has 1 saturated carbocycles. The van der Waals surface area contributed by atoms with Crippen molar-refractivity contribution in [2.75, 3.05) is 13.2 Å². The minimum Gasteiger partial charge on any atom is -0.396 e. The smallest absolute Gasteiger partial charge is 0.267 e. The number of nitrogens with one attached hydrogen (secondary N) is 1. The zero-order valence-electron chi connectivity index (χ0n) is 12.4. The van der Waals surface area contributed by atoms with Gasteiger partial charge < -0.3 is 15.3 Å². The van der Waals surface area contributed by atoms with Crippen LogP contribution in [-0.4, -0.2) is 35.5 Å². The van der Waals surface area contributed by atoms with E-state index in [1.165, 1.54) is 6.07 Å². The van der Waals surface area contributed by atoms with Crippen molar-refractivity contribution < 1.29 is 19.1 Å². The molecule has 5 nitrogen and oxygen atoms in total. The molecule has 0 bridgehead atoms. The lowest BCUT2D eigenvalue weighted by atomic mass is 9.94. The molecule has 2 aliphatic rings. The zero-order valence-corrected chi connectivity index (χ0v) is 12.4. The van der Waals surface area contributed by atoms with Crippen LogP contribution in [0.3, 0.4) is 0 Å². The van der Waals surface area contributed by atoms with E-state index in [1.807, 2.05) is 0 Å². The van der Waals surface area contributed by atoms with Crippen LogP contribution in [0.15, 0.2) is 29.4 Å². The van der Waals surface area contributed by atoms with Crippen molar-refractivity contribution >= 4 is 11.6 Å². The Bertz CT molecular complexity index is 628. The molecule has 118 valence electrons. The van der Waals surface area contributed by atoms with Crippen molar-refractivity contribution in [3.63, 3.8) is 0 Å². The number of amides is 1. The Morgan fingerprint density at radius 2 is 2.18 bits per heavy atom. The maximum atomic E-state index is 13.8. The van der Waals surface area contributed by atoms with E-state index in [2.05, 4.69) is 10.5 Å². The summed E-state index contributed by atoms with van der Waals surface area (Å²) in [5, 5.41) is 16.0. The Morgan fingerprint density at radius 1 is 1.45 bits per heavy atom. The van der Waals surface area contributed by atoms with Crippen molar-refractivity contribution in [2.45, 2.75) is 31.8 Å². The molecule has 0 radical (unpaired) electrons. The van der Waals surface area contributed by atoms with Gasteiger partial charge in [-0.05, 0) is 25.8 Å². The number of nitrogens with zero attached hydrogens (tertiary/aromatic N) is 1. The van der Waals surface area contributed by atoms with E-state index in [4.69, 9.17) is 4.84 Å². The van der Waals surface area contributed by atoms with Crippen LogP contribution >= 0.6 is 0 Å². The van der Waals surface area contributed by atoms with Crippen LogP contribution in [0.1, 0.15) is 31.7 Å². The Morgan fingerprint density at radius 3 is 2.82 bits per heavy atom. The quantitative estimate of drug-likeness (QED) is 0.868. The fourth-order valence-corrected chi connectivity index (χ4v) is 2.52. The van der Waals surface area contributed by atoms with E-state index in [0.29, 0.717) is 17.8 Å². The summed E-state index contributed by atoms with van der Waals surface area (Å²) in [6, 6.07) is 6.29. The minimum atomic E-state index is -1.14. The molecule has 1 aliphatic carbocycles. The molecule has 1 unspecified atom stereocenters. The predicted molar refractivity (Wildman–Crippen MR) is 78.8 cm³/mol. The molecule has 0 saturated heterocycles. The average molecular weight is 306 g/mol. The second-order valence-corrected chi connectivity index (χ2v) is 6.36. The number of oxime groups is 1. The van der Waals surface area contributed by atoms with Gasteiger partial charge in [0.2, 0.25) is 5.60 Å². The van der Waals surface area contributed by atoms with E-state index in [0.717, 1.165) is 12.8 Å². The van der Waals surface area contributed by atoms with Crippen molar-refractivity contribution in [1.29, 1.82) is 0 Å². The zero-order chi connectivity index (χ0) is 15.8. The third-order valence-corrected chi connectivity index (χ3v) is 4.44. The van der Waals surface area contributed by atoms with Crippen LogP contribution in [0, 0.1) is 11.2 Å². The lowest BCUT2D eigenvalue weighted by molar-refractivity contribution is -0.142. The van der Waals surface area contributed by atoms with Crippen LogP contribution in [0.5, 0.6) is 0 Å². The molecule has 1 atom stereocenters. The SMILES string of the molecule is CC1(C(=O)NCC2(CO)CC2)CC(c2ccccc2F)=NO1. The van der Waals surface area contributed by atoms with E-state index in [-0.39, 0.29) is 30.2 Å². The maximum absolute atomic E-state index is 13.8. The fraction of sp³-hybridized carbons (Fsp3) is 0.500. The molecule has 1 aliphatic heterocycles. The second-order valence-electron chi connectivity index (χ2n) is 6.36. The lowest BCUT2D eigenvalue weighted by Gasteiger charge is -2.22. The third kappa shape index (κ3) is 2.70. The van der Waals surface area contributed by atoms with E-state index < -0.39 is 5.60 Å². The van der Waals surface area contributed by atoms with Gasteiger partial charge in [-0.1, -0.05) is 23.4 Å². The number of aliphatic hydroxyl groups excluding tert-OH is 1.